The van der Waals surface area contributed by atoms with Crippen LogP contribution in [0.3, 0.4) is 0 Å². The molecule has 2 aromatic carbocycles. The van der Waals surface area contributed by atoms with E-state index in [0.29, 0.717) is 65.3 Å². The molecule has 10 nitrogen and oxygen atoms in total. The molecule has 2 heterocycles. The van der Waals surface area contributed by atoms with Crippen LogP contribution >= 0.6 is 0 Å². The van der Waals surface area contributed by atoms with Crippen molar-refractivity contribution in [3.05, 3.63) is 59.4 Å². The highest BCUT2D eigenvalue weighted by atomic mass is 19.3. The van der Waals surface area contributed by atoms with Crippen molar-refractivity contribution in [3.63, 3.8) is 0 Å². The fraction of sp³-hybridized carbons (Fsp3) is 0.429. The molecule has 0 saturated heterocycles. The summed E-state index contributed by atoms with van der Waals surface area (Å²) in [5.74, 6) is -2.98. The number of carbonyl (C=O) groups excluding carboxylic acids is 2. The quantitative estimate of drug-likeness (QED) is 0.312. The van der Waals surface area contributed by atoms with Crippen LogP contribution in [0.1, 0.15) is 65.7 Å². The van der Waals surface area contributed by atoms with E-state index in [0.717, 1.165) is 0 Å². The summed E-state index contributed by atoms with van der Waals surface area (Å²) in [5, 5.41) is 14.8. The summed E-state index contributed by atoms with van der Waals surface area (Å²) in [6.07, 6.45) is 3.48. The largest absolute Gasteiger partial charge is 0.339 e. The normalized spacial score (nSPS) is 18.9. The van der Waals surface area contributed by atoms with E-state index >= 15 is 0 Å². The lowest BCUT2D eigenvalue weighted by atomic mass is 9.91. The number of nitrogens with zero attached hydrogens (tertiary/aromatic N) is 6. The van der Waals surface area contributed by atoms with Crippen LogP contribution in [-0.2, 0) is 0 Å². The van der Waals surface area contributed by atoms with Crippen LogP contribution in [0.5, 0.6) is 0 Å². The Kier molecular flexibility index (Phi) is 8.04. The first-order valence-corrected chi connectivity index (χ1v) is 13.3. The van der Waals surface area contributed by atoms with Crippen LogP contribution in [0, 0.1) is 0 Å². The molecule has 0 N–H and O–H groups in total. The second kappa shape index (κ2) is 11.7. The second-order valence-electron chi connectivity index (χ2n) is 10.4. The van der Waals surface area contributed by atoms with Gasteiger partial charge in [0.2, 0.25) is 5.92 Å². The second-order valence-corrected chi connectivity index (χ2v) is 10.4. The van der Waals surface area contributed by atoms with Gasteiger partial charge in [0.1, 0.15) is 22.1 Å². The Morgan fingerprint density at radius 1 is 0.780 bits per heavy atom. The summed E-state index contributed by atoms with van der Waals surface area (Å²) in [6.45, 7) is 0. The smallest absolute Gasteiger partial charge is 0.253 e. The first kappa shape index (κ1) is 28.2. The summed E-state index contributed by atoms with van der Waals surface area (Å²) in [5.41, 5.74) is 3.24. The predicted octanol–water partition coefficient (Wildman–Crippen LogP) is 5.57. The molecule has 2 amide bonds. The number of halogens is 3. The standard InChI is InChI=1S/C14H15F2N3O2.C14H14FN3O2/c1-19(10-4-6-14(15,16)7-5-10)13(20)9-2-3-11-12(8-9)18-21-17-11;1-18(11-5-3-10(15)4-6-11)14(19)9-2-7-12-13(8-9)17-20-16-12/h2-3,8,10H,4-7H2,1H3;2-3,7-8,11H,4-6H2,1H3. The van der Waals surface area contributed by atoms with E-state index in [1.807, 2.05) is 0 Å². The van der Waals surface area contributed by atoms with Crippen molar-refractivity contribution in [2.75, 3.05) is 14.1 Å². The molecule has 0 aliphatic heterocycles. The molecule has 0 radical (unpaired) electrons. The fourth-order valence-electron chi connectivity index (χ4n) is 5.12. The Morgan fingerprint density at radius 3 is 1.76 bits per heavy atom. The maximum absolute atomic E-state index is 13.2. The highest BCUT2D eigenvalue weighted by molar-refractivity contribution is 5.98. The highest BCUT2D eigenvalue weighted by Gasteiger charge is 2.37. The lowest BCUT2D eigenvalue weighted by Crippen LogP contribution is -2.41. The van der Waals surface area contributed by atoms with E-state index in [9.17, 15) is 22.8 Å². The van der Waals surface area contributed by atoms with Gasteiger partial charge in [-0.3, -0.25) is 9.59 Å². The molecule has 1 atom stereocenters. The maximum atomic E-state index is 13.2. The number of aromatic nitrogens is 4. The van der Waals surface area contributed by atoms with Crippen molar-refractivity contribution < 1.29 is 32.0 Å². The van der Waals surface area contributed by atoms with Crippen molar-refractivity contribution in [2.24, 2.45) is 0 Å². The van der Waals surface area contributed by atoms with Crippen molar-refractivity contribution in [1.82, 2.24) is 30.4 Å². The number of amides is 2. The number of allylic oxidation sites excluding steroid dienone is 1. The third kappa shape index (κ3) is 6.39. The van der Waals surface area contributed by atoms with Gasteiger partial charge in [-0.2, -0.15) is 0 Å². The summed E-state index contributed by atoms with van der Waals surface area (Å²) < 4.78 is 48.6. The number of hydrogen-bond acceptors (Lipinski definition) is 8. The number of rotatable bonds is 4. The van der Waals surface area contributed by atoms with Crippen LogP contribution in [-0.4, -0.2) is 74.3 Å². The monoisotopic (exact) mass is 570 g/mol. The Bertz CT molecular complexity index is 1580. The van der Waals surface area contributed by atoms with E-state index in [2.05, 4.69) is 29.9 Å². The van der Waals surface area contributed by atoms with Crippen LogP contribution in [0.2, 0.25) is 0 Å². The van der Waals surface area contributed by atoms with E-state index in [4.69, 9.17) is 0 Å². The van der Waals surface area contributed by atoms with Gasteiger partial charge in [0, 0.05) is 56.6 Å². The molecule has 0 bridgehead atoms. The fourth-order valence-corrected chi connectivity index (χ4v) is 5.12. The summed E-state index contributed by atoms with van der Waals surface area (Å²) in [6, 6.07) is 9.84. The third-order valence-corrected chi connectivity index (χ3v) is 7.75. The predicted molar refractivity (Wildman–Crippen MR) is 142 cm³/mol. The Hall–Kier alpha value is -4.29. The topological polar surface area (TPSA) is 118 Å². The highest BCUT2D eigenvalue weighted by Crippen LogP contribution is 2.35. The van der Waals surface area contributed by atoms with Gasteiger partial charge >= 0.3 is 0 Å². The van der Waals surface area contributed by atoms with Gasteiger partial charge in [0.25, 0.3) is 11.8 Å². The van der Waals surface area contributed by atoms with Gasteiger partial charge in [0.15, 0.2) is 0 Å². The molecule has 4 aromatic rings. The van der Waals surface area contributed by atoms with Crippen LogP contribution in [0.15, 0.2) is 57.6 Å². The summed E-state index contributed by atoms with van der Waals surface area (Å²) in [7, 11) is 3.40. The Balaban J connectivity index is 0.000000165. The van der Waals surface area contributed by atoms with Gasteiger partial charge < -0.3 is 9.80 Å². The molecule has 6 rings (SSSR count). The van der Waals surface area contributed by atoms with Crippen LogP contribution < -0.4 is 0 Å². The van der Waals surface area contributed by atoms with Crippen LogP contribution in [0.4, 0.5) is 13.2 Å². The molecule has 0 spiro atoms. The Morgan fingerprint density at radius 2 is 1.27 bits per heavy atom. The molecule has 2 aromatic heterocycles. The Labute approximate surface area is 233 Å². The number of fused-ring (bicyclic) bond motifs is 2. The molecule has 2 aliphatic carbocycles. The first-order chi connectivity index (χ1) is 19.6. The van der Waals surface area contributed by atoms with Gasteiger partial charge in [-0.05, 0) is 82.7 Å². The average molecular weight is 571 g/mol. The zero-order valence-electron chi connectivity index (χ0n) is 22.6. The van der Waals surface area contributed by atoms with Gasteiger partial charge in [-0.15, -0.1) is 0 Å². The SMILES string of the molecule is CN(C(=O)c1ccc2nonc2c1)C1CC=C(F)CC1.CN(C(=O)c1ccc2nonc2c1)C1CCC(F)(F)CC1. The number of carbonyl (C=O) groups is 2. The molecule has 1 saturated carbocycles. The van der Waals surface area contributed by atoms with E-state index in [1.165, 1.54) is 0 Å². The minimum Gasteiger partial charge on any atom is -0.339 e. The molecular weight excluding hydrogens is 541 g/mol. The lowest BCUT2D eigenvalue weighted by molar-refractivity contribution is -0.0490. The molecule has 1 fully saturated rings. The molecule has 1 unspecified atom stereocenters. The number of benzene rings is 2. The van der Waals surface area contributed by atoms with E-state index in [1.54, 1.807) is 66.4 Å². The van der Waals surface area contributed by atoms with Crippen molar-refractivity contribution in [3.8, 4) is 0 Å². The van der Waals surface area contributed by atoms with Gasteiger partial charge in [-0.1, -0.05) is 6.08 Å². The molecule has 13 heteroatoms. The van der Waals surface area contributed by atoms with E-state index in [-0.39, 0.29) is 42.6 Å². The summed E-state index contributed by atoms with van der Waals surface area (Å²) in [4.78, 5) is 28.1. The number of hydrogen-bond donors (Lipinski definition) is 0. The summed E-state index contributed by atoms with van der Waals surface area (Å²) >= 11 is 0. The molecule has 41 heavy (non-hydrogen) atoms. The average Bonchev–Trinajstić information content (AvgIpc) is 3.65. The number of alkyl halides is 2. The third-order valence-electron chi connectivity index (χ3n) is 7.75. The molecule has 2 aliphatic rings. The van der Waals surface area contributed by atoms with Gasteiger partial charge in [-0.25, -0.2) is 22.4 Å². The minimum absolute atomic E-state index is 0.0353. The first-order valence-electron chi connectivity index (χ1n) is 13.3. The zero-order valence-corrected chi connectivity index (χ0v) is 22.6. The minimum atomic E-state index is -2.59. The van der Waals surface area contributed by atoms with Gasteiger partial charge in [0.05, 0.1) is 5.83 Å². The maximum Gasteiger partial charge on any atom is 0.253 e. The van der Waals surface area contributed by atoms with Crippen molar-refractivity contribution in [2.45, 2.75) is 63.0 Å². The van der Waals surface area contributed by atoms with Crippen molar-refractivity contribution in [1.29, 1.82) is 0 Å². The van der Waals surface area contributed by atoms with Crippen molar-refractivity contribution >= 4 is 33.9 Å². The molecule has 216 valence electrons. The zero-order chi connectivity index (χ0) is 29.1. The molecular formula is C28H29F3N6O4. The van der Waals surface area contributed by atoms with E-state index < -0.39 is 5.92 Å². The lowest BCUT2D eigenvalue weighted by Gasteiger charge is -2.34. The van der Waals surface area contributed by atoms with Crippen LogP contribution in [0.25, 0.3) is 22.1 Å².